The van der Waals surface area contributed by atoms with Gasteiger partial charge in [-0.05, 0) is 74.8 Å². The van der Waals surface area contributed by atoms with Gasteiger partial charge in [-0.15, -0.1) is 0 Å². The lowest BCUT2D eigenvalue weighted by Gasteiger charge is -2.32. The van der Waals surface area contributed by atoms with Crippen molar-refractivity contribution in [2.75, 3.05) is 6.61 Å². The van der Waals surface area contributed by atoms with Gasteiger partial charge in [0.15, 0.2) is 0 Å². The third-order valence-corrected chi connectivity index (χ3v) is 7.90. The quantitative estimate of drug-likeness (QED) is 0.273. The normalized spacial score (nSPS) is 17.6. The van der Waals surface area contributed by atoms with Crippen LogP contribution in [0.25, 0.3) is 16.8 Å². The number of nitrogens with zero attached hydrogens (tertiary/aromatic N) is 4. The van der Waals surface area contributed by atoms with Crippen LogP contribution in [0, 0.1) is 17.1 Å². The number of nitriles is 1. The molecule has 0 radical (unpaired) electrons. The van der Waals surface area contributed by atoms with Gasteiger partial charge in [0.2, 0.25) is 0 Å². The minimum absolute atomic E-state index is 0.0205. The molecule has 0 saturated heterocycles. The van der Waals surface area contributed by atoms with Crippen molar-refractivity contribution in [2.45, 2.75) is 83.5 Å². The second-order valence-electron chi connectivity index (χ2n) is 11.6. The van der Waals surface area contributed by atoms with Crippen LogP contribution in [0.2, 0.25) is 0 Å². The molecule has 1 aliphatic rings. The molecule has 2 heterocycles. The summed E-state index contributed by atoms with van der Waals surface area (Å²) in [6.45, 7) is 5.80. The fraction of sp³-hybridized carbons (Fsp3) is 0.424. The minimum atomic E-state index is -0.881. The van der Waals surface area contributed by atoms with E-state index in [1.165, 1.54) is 6.07 Å². The van der Waals surface area contributed by atoms with Crippen LogP contribution >= 0.6 is 0 Å². The zero-order valence-corrected chi connectivity index (χ0v) is 23.9. The molecule has 5 rings (SSSR count). The molecule has 7 nitrogen and oxygen atoms in total. The summed E-state index contributed by atoms with van der Waals surface area (Å²) in [6, 6.07) is 16.1. The first-order valence-corrected chi connectivity index (χ1v) is 14.4. The van der Waals surface area contributed by atoms with Crippen LogP contribution < -0.4 is 5.56 Å². The Morgan fingerprint density at radius 2 is 1.90 bits per heavy atom. The summed E-state index contributed by atoms with van der Waals surface area (Å²) in [4.78, 5) is 14.2. The van der Waals surface area contributed by atoms with Crippen molar-refractivity contribution in [3.63, 3.8) is 0 Å². The Kier molecular flexibility index (Phi) is 8.39. The molecule has 0 aliphatic heterocycles. The lowest BCUT2D eigenvalue weighted by atomic mass is 9.92. The summed E-state index contributed by atoms with van der Waals surface area (Å²) >= 11 is 0. The number of halogens is 1. The van der Waals surface area contributed by atoms with E-state index in [1.807, 2.05) is 27.3 Å². The molecule has 1 aliphatic carbocycles. The first-order chi connectivity index (χ1) is 19.7. The number of benzene rings is 2. The number of ether oxygens (including phenoxy) is 1. The Morgan fingerprint density at radius 1 is 1.15 bits per heavy atom. The predicted octanol–water partition coefficient (Wildman–Crippen LogP) is 5.99. The summed E-state index contributed by atoms with van der Waals surface area (Å²) < 4.78 is 25.2. The van der Waals surface area contributed by atoms with Crippen molar-refractivity contribution in [3.8, 4) is 17.2 Å². The number of hydrogen-bond donors (Lipinski definition) is 1. The van der Waals surface area contributed by atoms with Crippen LogP contribution in [0.5, 0.6) is 0 Å². The van der Waals surface area contributed by atoms with Gasteiger partial charge in [-0.2, -0.15) is 10.4 Å². The van der Waals surface area contributed by atoms with Crippen molar-refractivity contribution in [3.05, 3.63) is 93.3 Å². The van der Waals surface area contributed by atoms with E-state index in [0.29, 0.717) is 34.2 Å². The Hall–Kier alpha value is -3.80. The third-order valence-electron chi connectivity index (χ3n) is 7.90. The predicted molar refractivity (Wildman–Crippen MR) is 156 cm³/mol. The number of fused-ring (bicyclic) bond motifs is 1. The van der Waals surface area contributed by atoms with Gasteiger partial charge in [0.1, 0.15) is 11.5 Å². The SMILES string of the molecule is CCCc1c(Cc2ccc(-c3ccccc3C#N)cc2F)c(=O)n(C2CCC(OCC(C)(C)O)CC2)c2ccnn12. The molecule has 0 bridgehead atoms. The molecule has 0 amide bonds. The molecule has 0 atom stereocenters. The fourth-order valence-electron chi connectivity index (χ4n) is 5.88. The summed E-state index contributed by atoms with van der Waals surface area (Å²) in [5, 5.41) is 24.1. The van der Waals surface area contributed by atoms with Crippen LogP contribution in [0.15, 0.2) is 59.5 Å². The Morgan fingerprint density at radius 3 is 2.59 bits per heavy atom. The maximum Gasteiger partial charge on any atom is 0.257 e. The van der Waals surface area contributed by atoms with E-state index >= 15 is 4.39 Å². The Bertz CT molecular complexity index is 1640. The molecule has 41 heavy (non-hydrogen) atoms. The van der Waals surface area contributed by atoms with Crippen LogP contribution in [-0.2, 0) is 17.6 Å². The van der Waals surface area contributed by atoms with E-state index in [9.17, 15) is 15.2 Å². The summed E-state index contributed by atoms with van der Waals surface area (Å²) in [7, 11) is 0. The molecular weight excluding hydrogens is 519 g/mol. The van der Waals surface area contributed by atoms with Crippen molar-refractivity contribution in [1.29, 1.82) is 5.26 Å². The maximum atomic E-state index is 15.6. The van der Waals surface area contributed by atoms with E-state index in [2.05, 4.69) is 18.1 Å². The molecule has 1 N–H and O–H groups in total. The van der Waals surface area contributed by atoms with E-state index < -0.39 is 11.4 Å². The highest BCUT2D eigenvalue weighted by Gasteiger charge is 2.28. The Balaban J connectivity index is 1.49. The van der Waals surface area contributed by atoms with E-state index in [1.54, 1.807) is 44.3 Å². The fourth-order valence-corrected chi connectivity index (χ4v) is 5.88. The van der Waals surface area contributed by atoms with Gasteiger partial charge in [0.05, 0.1) is 41.8 Å². The zero-order chi connectivity index (χ0) is 29.1. The third kappa shape index (κ3) is 6.12. The monoisotopic (exact) mass is 556 g/mol. The van der Waals surface area contributed by atoms with Crippen LogP contribution in [0.1, 0.15) is 81.3 Å². The highest BCUT2D eigenvalue weighted by molar-refractivity contribution is 5.70. The first kappa shape index (κ1) is 28.7. The summed E-state index contributed by atoms with van der Waals surface area (Å²) in [6.07, 6.45) is 6.51. The smallest absolute Gasteiger partial charge is 0.257 e. The van der Waals surface area contributed by atoms with Crippen LogP contribution in [0.3, 0.4) is 0 Å². The number of hydrogen-bond acceptors (Lipinski definition) is 5. The molecule has 4 aromatic rings. The van der Waals surface area contributed by atoms with Gasteiger partial charge in [0.25, 0.3) is 5.56 Å². The van der Waals surface area contributed by atoms with Gasteiger partial charge in [-0.3, -0.25) is 9.36 Å². The van der Waals surface area contributed by atoms with Crippen LogP contribution in [0.4, 0.5) is 4.39 Å². The number of rotatable bonds is 9. The van der Waals surface area contributed by atoms with Gasteiger partial charge < -0.3 is 9.84 Å². The molecule has 0 spiro atoms. The molecular formula is C33H37FN4O3. The second kappa shape index (κ2) is 12.0. The lowest BCUT2D eigenvalue weighted by Crippen LogP contribution is -2.36. The lowest BCUT2D eigenvalue weighted by molar-refractivity contribution is -0.0654. The molecule has 2 aromatic heterocycles. The molecule has 1 fully saturated rings. The molecule has 8 heteroatoms. The van der Waals surface area contributed by atoms with Crippen molar-refractivity contribution < 1.29 is 14.2 Å². The largest absolute Gasteiger partial charge is 0.388 e. The van der Waals surface area contributed by atoms with Gasteiger partial charge in [-0.25, -0.2) is 8.91 Å². The summed E-state index contributed by atoms with van der Waals surface area (Å²) in [5.74, 6) is -0.409. The van der Waals surface area contributed by atoms with Gasteiger partial charge in [-0.1, -0.05) is 43.7 Å². The topological polar surface area (TPSA) is 92.5 Å². The van der Waals surface area contributed by atoms with Crippen molar-refractivity contribution in [2.24, 2.45) is 0 Å². The average Bonchev–Trinajstić information content (AvgIpc) is 3.44. The number of aliphatic hydroxyl groups is 1. The Labute approximate surface area is 239 Å². The highest BCUT2D eigenvalue weighted by Crippen LogP contribution is 2.32. The van der Waals surface area contributed by atoms with Crippen LogP contribution in [-0.4, -0.2) is 37.6 Å². The molecule has 0 unspecified atom stereocenters. The molecule has 214 valence electrons. The van der Waals surface area contributed by atoms with Gasteiger partial charge >= 0.3 is 0 Å². The van der Waals surface area contributed by atoms with E-state index in [-0.39, 0.29) is 30.7 Å². The molecule has 1 saturated carbocycles. The van der Waals surface area contributed by atoms with Crippen molar-refractivity contribution >= 4 is 5.65 Å². The number of aryl methyl sites for hydroxylation is 1. The average molecular weight is 557 g/mol. The number of aromatic nitrogens is 3. The maximum absolute atomic E-state index is 15.6. The molecule has 2 aromatic carbocycles. The van der Waals surface area contributed by atoms with Crippen molar-refractivity contribution in [1.82, 2.24) is 14.2 Å². The highest BCUT2D eigenvalue weighted by atomic mass is 19.1. The second-order valence-corrected chi connectivity index (χ2v) is 11.6. The zero-order valence-electron chi connectivity index (χ0n) is 23.9. The first-order valence-electron chi connectivity index (χ1n) is 14.4. The van der Waals surface area contributed by atoms with Gasteiger partial charge in [0, 0.05) is 24.1 Å². The van der Waals surface area contributed by atoms with E-state index in [4.69, 9.17) is 4.74 Å². The van der Waals surface area contributed by atoms with E-state index in [0.717, 1.165) is 43.4 Å². The summed E-state index contributed by atoms with van der Waals surface area (Å²) in [5.41, 5.74) is 3.37. The standard InChI is InChI=1S/C33H37FN4O3/c1-4-7-30-28(18-23-11-10-22(19-29(23)34)27-9-6-5-8-24(27)20-35)32(39)37(31-16-17-36-38(30)31)25-12-14-26(15-13-25)41-21-33(2,3)40/h5-6,8-11,16-17,19,25-26,40H,4,7,12-15,18,21H2,1-3H3. The minimum Gasteiger partial charge on any atom is -0.388 e.